The van der Waals surface area contributed by atoms with E-state index in [-0.39, 0.29) is 12.0 Å². The van der Waals surface area contributed by atoms with E-state index in [1.807, 2.05) is 20.8 Å². The molecular formula is C14H26N2O3. The van der Waals surface area contributed by atoms with Crippen molar-refractivity contribution in [3.05, 3.63) is 0 Å². The fraction of sp³-hybridized carbons (Fsp3) is 0.786. The van der Waals surface area contributed by atoms with Crippen molar-refractivity contribution >= 4 is 5.97 Å². The Kier molecular flexibility index (Phi) is 7.06. The molecule has 0 aliphatic heterocycles. The number of carbonyl (C=O) groups excluding carboxylic acids is 1. The highest BCUT2D eigenvalue weighted by atomic mass is 16.6. The molecule has 110 valence electrons. The number of ether oxygens (including phenoxy) is 1. The van der Waals surface area contributed by atoms with E-state index in [1.165, 1.54) is 0 Å². The Morgan fingerprint density at radius 1 is 1.32 bits per heavy atom. The molecule has 0 aromatic heterocycles. The zero-order valence-corrected chi connectivity index (χ0v) is 13.0. The molecule has 5 nitrogen and oxygen atoms in total. The molecule has 0 aliphatic rings. The van der Waals surface area contributed by atoms with E-state index >= 15 is 0 Å². The van der Waals surface area contributed by atoms with E-state index in [0.29, 0.717) is 6.54 Å². The first-order chi connectivity index (χ1) is 8.54. The zero-order chi connectivity index (χ0) is 15.2. The summed E-state index contributed by atoms with van der Waals surface area (Å²) in [5, 5.41) is 9.48. The molecule has 19 heavy (non-hydrogen) atoms. The molecule has 2 atom stereocenters. The zero-order valence-electron chi connectivity index (χ0n) is 13.0. The highest BCUT2D eigenvalue weighted by molar-refractivity contribution is 5.75. The van der Waals surface area contributed by atoms with Crippen LogP contribution >= 0.6 is 0 Å². The number of likely N-dealkylation sites (N-methyl/N-ethyl adjacent to an activating group) is 1. The van der Waals surface area contributed by atoms with Crippen molar-refractivity contribution in [2.75, 3.05) is 27.7 Å². The van der Waals surface area contributed by atoms with Gasteiger partial charge in [-0.15, -0.1) is 0 Å². The van der Waals surface area contributed by atoms with Crippen molar-refractivity contribution in [2.24, 2.45) is 0 Å². The number of nitrogens with zero attached hydrogens (tertiary/aromatic N) is 2. The van der Waals surface area contributed by atoms with Gasteiger partial charge in [0.1, 0.15) is 11.6 Å². The molecule has 0 aliphatic carbocycles. The first kappa shape index (κ1) is 17.9. The monoisotopic (exact) mass is 270 g/mol. The van der Waals surface area contributed by atoms with Crippen LogP contribution in [0.25, 0.3) is 0 Å². The summed E-state index contributed by atoms with van der Waals surface area (Å²) < 4.78 is 5.30. The highest BCUT2D eigenvalue weighted by Gasteiger charge is 2.24. The van der Waals surface area contributed by atoms with Gasteiger partial charge in [0.2, 0.25) is 0 Å². The van der Waals surface area contributed by atoms with Crippen molar-refractivity contribution in [1.82, 2.24) is 9.80 Å². The van der Waals surface area contributed by atoms with Crippen LogP contribution in [0.2, 0.25) is 0 Å². The quantitative estimate of drug-likeness (QED) is 0.459. The number of esters is 1. The molecule has 0 aromatic carbocycles. The Balaban J connectivity index is 4.35. The summed E-state index contributed by atoms with van der Waals surface area (Å²) in [5.74, 6) is 5.26. The molecule has 0 bridgehead atoms. The molecule has 0 heterocycles. The van der Waals surface area contributed by atoms with Crippen LogP contribution in [0.4, 0.5) is 0 Å². The van der Waals surface area contributed by atoms with Crippen molar-refractivity contribution in [3.63, 3.8) is 0 Å². The van der Waals surface area contributed by atoms with Crippen LogP contribution < -0.4 is 0 Å². The fourth-order valence-corrected chi connectivity index (χ4v) is 1.09. The minimum Gasteiger partial charge on any atom is -0.459 e. The van der Waals surface area contributed by atoms with Gasteiger partial charge in [-0.05, 0) is 48.8 Å². The Bertz CT molecular complexity index is 350. The number of aliphatic hydroxyl groups is 1. The molecule has 0 spiro atoms. The van der Waals surface area contributed by atoms with Gasteiger partial charge in [-0.1, -0.05) is 11.8 Å². The van der Waals surface area contributed by atoms with Gasteiger partial charge in [-0.2, -0.15) is 0 Å². The van der Waals surface area contributed by atoms with Gasteiger partial charge in [-0.25, -0.2) is 0 Å². The number of carbonyl (C=O) groups is 1. The van der Waals surface area contributed by atoms with E-state index in [9.17, 15) is 9.90 Å². The van der Waals surface area contributed by atoms with E-state index in [0.717, 1.165) is 0 Å². The lowest BCUT2D eigenvalue weighted by molar-refractivity contribution is -0.160. The third kappa shape index (κ3) is 7.83. The third-order valence-electron chi connectivity index (χ3n) is 2.46. The van der Waals surface area contributed by atoms with Crippen molar-refractivity contribution < 1.29 is 14.6 Å². The third-order valence-corrected chi connectivity index (χ3v) is 2.46. The lowest BCUT2D eigenvalue weighted by Gasteiger charge is -2.26. The van der Waals surface area contributed by atoms with E-state index in [2.05, 4.69) is 11.8 Å². The fourth-order valence-electron chi connectivity index (χ4n) is 1.09. The summed E-state index contributed by atoms with van der Waals surface area (Å²) in [6.07, 6.45) is -0.787. The molecule has 1 unspecified atom stereocenters. The molecule has 0 fully saturated rings. The largest absolute Gasteiger partial charge is 0.459 e. The Labute approximate surface area is 116 Å². The van der Waals surface area contributed by atoms with Crippen LogP contribution in [0.3, 0.4) is 0 Å². The summed E-state index contributed by atoms with van der Waals surface area (Å²) in [7, 11) is 5.28. The maximum Gasteiger partial charge on any atom is 0.323 e. The van der Waals surface area contributed by atoms with Crippen molar-refractivity contribution in [2.45, 2.75) is 45.6 Å². The molecule has 0 aromatic rings. The standard InChI is InChI=1S/C14H26N2O3/c1-11(13(18)19-14(2,3)4)16(7)10-8-9-12(17)15(5)6/h11-12,17H,10H2,1-7H3/t11-,12?/m0/s1. The lowest BCUT2D eigenvalue weighted by Crippen LogP contribution is -2.40. The highest BCUT2D eigenvalue weighted by Crippen LogP contribution is 2.10. The molecule has 5 heteroatoms. The maximum absolute atomic E-state index is 11.8. The molecule has 0 saturated carbocycles. The molecule has 0 saturated heterocycles. The smallest absolute Gasteiger partial charge is 0.323 e. The van der Waals surface area contributed by atoms with Crippen LogP contribution in [0.15, 0.2) is 0 Å². The first-order valence-corrected chi connectivity index (χ1v) is 6.30. The van der Waals surface area contributed by atoms with Gasteiger partial charge in [0.05, 0.1) is 6.54 Å². The second-order valence-electron chi connectivity index (χ2n) is 5.78. The average molecular weight is 270 g/mol. The number of hydrogen-bond donors (Lipinski definition) is 1. The minimum absolute atomic E-state index is 0.273. The molecule has 0 rings (SSSR count). The van der Waals surface area contributed by atoms with Gasteiger partial charge < -0.3 is 9.84 Å². The first-order valence-electron chi connectivity index (χ1n) is 6.30. The summed E-state index contributed by atoms with van der Waals surface area (Å²) >= 11 is 0. The van der Waals surface area contributed by atoms with E-state index < -0.39 is 11.8 Å². The SMILES string of the molecule is C[C@@H](C(=O)OC(C)(C)C)N(C)CC#CC(O)N(C)C. The van der Waals surface area contributed by atoms with Crippen LogP contribution in [-0.2, 0) is 9.53 Å². The predicted octanol–water partition coefficient (Wildman–Crippen LogP) is 0.532. The number of rotatable bonds is 4. The normalized spacial score (nSPS) is 14.8. The summed E-state index contributed by atoms with van der Waals surface area (Å²) in [6, 6.07) is -0.370. The Hall–Kier alpha value is -1.09. The van der Waals surface area contributed by atoms with E-state index in [4.69, 9.17) is 4.74 Å². The van der Waals surface area contributed by atoms with Crippen LogP contribution in [0, 0.1) is 11.8 Å². The summed E-state index contributed by atoms with van der Waals surface area (Å²) in [4.78, 5) is 15.2. The van der Waals surface area contributed by atoms with Crippen LogP contribution in [-0.4, -0.2) is 66.4 Å². The number of aliphatic hydroxyl groups excluding tert-OH is 1. The van der Waals surface area contributed by atoms with Gasteiger partial charge in [-0.3, -0.25) is 14.6 Å². The summed E-state index contributed by atoms with van der Waals surface area (Å²) in [5.41, 5.74) is -0.487. The van der Waals surface area contributed by atoms with Crippen molar-refractivity contribution in [1.29, 1.82) is 0 Å². The summed E-state index contributed by atoms with van der Waals surface area (Å²) in [6.45, 7) is 7.68. The molecular weight excluding hydrogens is 244 g/mol. The predicted molar refractivity (Wildman–Crippen MR) is 75.4 cm³/mol. The van der Waals surface area contributed by atoms with Crippen LogP contribution in [0.1, 0.15) is 27.7 Å². The second kappa shape index (κ2) is 7.49. The van der Waals surface area contributed by atoms with E-state index in [1.54, 1.807) is 37.9 Å². The minimum atomic E-state index is -0.787. The van der Waals surface area contributed by atoms with Crippen LogP contribution in [0.5, 0.6) is 0 Å². The second-order valence-corrected chi connectivity index (χ2v) is 5.78. The topological polar surface area (TPSA) is 53.0 Å². The van der Waals surface area contributed by atoms with Crippen molar-refractivity contribution in [3.8, 4) is 11.8 Å². The Morgan fingerprint density at radius 3 is 2.26 bits per heavy atom. The van der Waals surface area contributed by atoms with Gasteiger partial charge in [0.25, 0.3) is 0 Å². The lowest BCUT2D eigenvalue weighted by atomic mass is 10.2. The molecule has 0 radical (unpaired) electrons. The number of hydrogen-bond acceptors (Lipinski definition) is 5. The maximum atomic E-state index is 11.8. The molecule has 1 N–H and O–H groups in total. The molecule has 0 amide bonds. The van der Waals surface area contributed by atoms with Gasteiger partial charge in [0.15, 0.2) is 6.23 Å². The Morgan fingerprint density at radius 2 is 1.84 bits per heavy atom. The van der Waals surface area contributed by atoms with Gasteiger partial charge >= 0.3 is 5.97 Å². The average Bonchev–Trinajstić information content (AvgIpc) is 2.25. The van der Waals surface area contributed by atoms with Gasteiger partial charge in [0, 0.05) is 0 Å².